The van der Waals surface area contributed by atoms with Crippen LogP contribution < -0.4 is 0 Å². The fraction of sp³-hybridized carbons (Fsp3) is 0.235. The molecule has 1 aliphatic rings. The molecule has 102 valence electrons. The highest BCUT2D eigenvalue weighted by Gasteiger charge is 2.31. The van der Waals surface area contributed by atoms with Crippen molar-refractivity contribution >= 4 is 5.71 Å². The predicted molar refractivity (Wildman–Crippen MR) is 78.7 cm³/mol. The molecule has 0 bridgehead atoms. The highest BCUT2D eigenvalue weighted by molar-refractivity contribution is 6.03. The minimum atomic E-state index is -0.987. The van der Waals surface area contributed by atoms with Gasteiger partial charge >= 0.3 is 0 Å². The number of aliphatic imine (C=N–C) groups is 1. The van der Waals surface area contributed by atoms with E-state index < -0.39 is 6.29 Å². The van der Waals surface area contributed by atoms with Crippen molar-refractivity contribution in [2.24, 2.45) is 4.99 Å². The fourth-order valence-electron chi connectivity index (χ4n) is 2.49. The summed E-state index contributed by atoms with van der Waals surface area (Å²) in [5.41, 5.74) is 2.54. The summed E-state index contributed by atoms with van der Waals surface area (Å²) in [6.07, 6.45) is -1.20. The van der Waals surface area contributed by atoms with Gasteiger partial charge in [0.05, 0.1) is 11.8 Å². The van der Waals surface area contributed by atoms with Gasteiger partial charge in [0, 0.05) is 5.56 Å². The molecule has 0 aromatic heterocycles. The molecule has 1 heterocycles. The minimum Gasteiger partial charge on any atom is -0.363 e. The lowest BCUT2D eigenvalue weighted by Gasteiger charge is -2.31. The van der Waals surface area contributed by atoms with E-state index in [1.54, 1.807) is 0 Å². The van der Waals surface area contributed by atoms with Crippen LogP contribution in [-0.4, -0.2) is 23.2 Å². The number of aliphatic hydroxyl groups is 1. The smallest absolute Gasteiger partial charge is 0.199 e. The lowest BCUT2D eigenvalue weighted by Crippen LogP contribution is -2.36. The molecule has 1 aliphatic heterocycles. The van der Waals surface area contributed by atoms with Crippen molar-refractivity contribution < 1.29 is 9.84 Å². The lowest BCUT2D eigenvalue weighted by molar-refractivity contribution is -0.108. The molecule has 0 unspecified atom stereocenters. The maximum absolute atomic E-state index is 10.2. The van der Waals surface area contributed by atoms with Crippen LogP contribution in [0.2, 0.25) is 0 Å². The molecule has 0 fully saturated rings. The first-order valence-corrected chi connectivity index (χ1v) is 6.77. The van der Waals surface area contributed by atoms with Crippen LogP contribution in [0.4, 0.5) is 0 Å². The first-order chi connectivity index (χ1) is 9.75. The van der Waals surface area contributed by atoms with Crippen molar-refractivity contribution in [1.29, 1.82) is 0 Å². The summed E-state index contributed by atoms with van der Waals surface area (Å²) in [5.74, 6) is 0. The van der Waals surface area contributed by atoms with Crippen molar-refractivity contribution in [1.82, 2.24) is 0 Å². The second-order valence-corrected chi connectivity index (χ2v) is 4.94. The first kappa shape index (κ1) is 13.0. The van der Waals surface area contributed by atoms with E-state index in [-0.39, 0.29) is 12.1 Å². The van der Waals surface area contributed by atoms with Gasteiger partial charge in [-0.05, 0) is 12.5 Å². The number of ether oxygens (including phenoxy) is 1. The first-order valence-electron chi connectivity index (χ1n) is 6.77. The van der Waals surface area contributed by atoms with Gasteiger partial charge in [-0.25, -0.2) is 0 Å². The van der Waals surface area contributed by atoms with Crippen LogP contribution in [0.25, 0.3) is 0 Å². The lowest BCUT2D eigenvalue weighted by atomic mass is 10.0. The SMILES string of the molecule is C[C@H]1N=C(c2ccccc2)[C@H](O)O[C@H]1c1ccccc1. The van der Waals surface area contributed by atoms with Crippen molar-refractivity contribution in [3.8, 4) is 0 Å². The number of hydrogen-bond donors (Lipinski definition) is 1. The number of rotatable bonds is 2. The van der Waals surface area contributed by atoms with Crippen LogP contribution >= 0.6 is 0 Å². The quantitative estimate of drug-likeness (QED) is 0.909. The van der Waals surface area contributed by atoms with Crippen LogP contribution in [0, 0.1) is 0 Å². The summed E-state index contributed by atoms with van der Waals surface area (Å²) in [6, 6.07) is 19.5. The highest BCUT2D eigenvalue weighted by Crippen LogP contribution is 2.29. The third-order valence-corrected chi connectivity index (χ3v) is 3.49. The monoisotopic (exact) mass is 267 g/mol. The summed E-state index contributed by atoms with van der Waals surface area (Å²) in [6.45, 7) is 2.01. The molecule has 0 radical (unpaired) electrons. The van der Waals surface area contributed by atoms with Crippen LogP contribution in [-0.2, 0) is 4.74 Å². The van der Waals surface area contributed by atoms with Gasteiger partial charge in [0.15, 0.2) is 6.29 Å². The maximum Gasteiger partial charge on any atom is 0.199 e. The number of benzene rings is 2. The molecule has 3 nitrogen and oxygen atoms in total. The van der Waals surface area contributed by atoms with Crippen LogP contribution in [0.3, 0.4) is 0 Å². The van der Waals surface area contributed by atoms with Crippen molar-refractivity contribution in [3.63, 3.8) is 0 Å². The van der Waals surface area contributed by atoms with E-state index in [9.17, 15) is 5.11 Å². The largest absolute Gasteiger partial charge is 0.363 e. The summed E-state index contributed by atoms with van der Waals surface area (Å²) in [4.78, 5) is 4.63. The topological polar surface area (TPSA) is 41.8 Å². The van der Waals surface area contributed by atoms with E-state index in [1.807, 2.05) is 67.6 Å². The Hall–Kier alpha value is -1.97. The van der Waals surface area contributed by atoms with Gasteiger partial charge in [-0.2, -0.15) is 0 Å². The van der Waals surface area contributed by atoms with E-state index in [2.05, 4.69) is 4.99 Å². The molecular weight excluding hydrogens is 250 g/mol. The molecule has 3 rings (SSSR count). The van der Waals surface area contributed by atoms with Gasteiger partial charge in [0.2, 0.25) is 0 Å². The van der Waals surface area contributed by atoms with Crippen LogP contribution in [0.5, 0.6) is 0 Å². The summed E-state index contributed by atoms with van der Waals surface area (Å²) >= 11 is 0. The van der Waals surface area contributed by atoms with Gasteiger partial charge in [-0.15, -0.1) is 0 Å². The van der Waals surface area contributed by atoms with E-state index in [0.717, 1.165) is 11.1 Å². The molecule has 0 saturated heterocycles. The Morgan fingerprint density at radius 1 is 0.950 bits per heavy atom. The van der Waals surface area contributed by atoms with E-state index in [0.29, 0.717) is 5.71 Å². The Labute approximate surface area is 118 Å². The second kappa shape index (κ2) is 5.57. The van der Waals surface area contributed by atoms with Gasteiger partial charge in [0.1, 0.15) is 6.10 Å². The Morgan fingerprint density at radius 2 is 1.55 bits per heavy atom. The Kier molecular flexibility index (Phi) is 3.63. The van der Waals surface area contributed by atoms with Gasteiger partial charge in [-0.3, -0.25) is 4.99 Å². The van der Waals surface area contributed by atoms with Gasteiger partial charge in [-0.1, -0.05) is 60.7 Å². The molecule has 2 aromatic carbocycles. The van der Waals surface area contributed by atoms with Crippen LogP contribution in [0.1, 0.15) is 24.2 Å². The summed E-state index contributed by atoms with van der Waals surface area (Å²) < 4.78 is 5.78. The fourth-order valence-corrected chi connectivity index (χ4v) is 2.49. The van der Waals surface area contributed by atoms with Crippen molar-refractivity contribution in [2.45, 2.75) is 25.4 Å². The molecule has 1 N–H and O–H groups in total. The second-order valence-electron chi connectivity index (χ2n) is 4.94. The van der Waals surface area contributed by atoms with Gasteiger partial charge in [0.25, 0.3) is 0 Å². The van der Waals surface area contributed by atoms with E-state index >= 15 is 0 Å². The zero-order valence-corrected chi connectivity index (χ0v) is 11.3. The highest BCUT2D eigenvalue weighted by atomic mass is 16.6. The third kappa shape index (κ3) is 2.50. The zero-order valence-electron chi connectivity index (χ0n) is 11.3. The maximum atomic E-state index is 10.2. The summed E-state index contributed by atoms with van der Waals surface area (Å²) in [7, 11) is 0. The van der Waals surface area contributed by atoms with Crippen LogP contribution in [0.15, 0.2) is 65.7 Å². The van der Waals surface area contributed by atoms with Gasteiger partial charge < -0.3 is 9.84 Å². The Balaban J connectivity index is 1.91. The standard InChI is InChI=1S/C17H17NO2/c1-12-16(14-10-6-3-7-11-14)20-17(19)15(18-12)13-8-4-2-5-9-13/h2-12,16-17,19H,1H3/t12-,16-,17-/m1/s1. The van der Waals surface area contributed by atoms with E-state index in [1.165, 1.54) is 0 Å². The number of hydrogen-bond acceptors (Lipinski definition) is 3. The Morgan fingerprint density at radius 3 is 2.20 bits per heavy atom. The number of aliphatic hydroxyl groups excluding tert-OH is 1. The predicted octanol–water partition coefficient (Wildman–Crippen LogP) is 2.95. The normalized spacial score (nSPS) is 26.1. The zero-order chi connectivity index (χ0) is 13.9. The molecule has 3 heteroatoms. The minimum absolute atomic E-state index is 0.0315. The molecule has 0 saturated carbocycles. The Bertz CT molecular complexity index is 595. The molecular formula is C17H17NO2. The molecule has 20 heavy (non-hydrogen) atoms. The molecule has 0 spiro atoms. The van der Waals surface area contributed by atoms with Crippen molar-refractivity contribution in [2.75, 3.05) is 0 Å². The van der Waals surface area contributed by atoms with Crippen molar-refractivity contribution in [3.05, 3.63) is 71.8 Å². The average molecular weight is 267 g/mol. The summed E-state index contributed by atoms with van der Waals surface area (Å²) in [5, 5.41) is 10.2. The van der Waals surface area contributed by atoms with E-state index in [4.69, 9.17) is 4.74 Å². The third-order valence-electron chi connectivity index (χ3n) is 3.49. The number of nitrogens with zero attached hydrogens (tertiary/aromatic N) is 1. The average Bonchev–Trinajstić information content (AvgIpc) is 2.51. The molecule has 0 amide bonds. The molecule has 2 aromatic rings. The molecule has 3 atom stereocenters. The molecule has 0 aliphatic carbocycles.